The van der Waals surface area contributed by atoms with Crippen molar-refractivity contribution in [3.8, 4) is 5.69 Å². The summed E-state index contributed by atoms with van der Waals surface area (Å²) >= 11 is 1.52. The molecule has 0 aliphatic carbocycles. The van der Waals surface area contributed by atoms with E-state index in [9.17, 15) is 9.18 Å². The van der Waals surface area contributed by atoms with Crippen LogP contribution in [0.3, 0.4) is 0 Å². The number of amides is 1. The van der Waals surface area contributed by atoms with Crippen molar-refractivity contribution in [3.63, 3.8) is 0 Å². The Kier molecular flexibility index (Phi) is 4.91. The molecule has 136 valence electrons. The van der Waals surface area contributed by atoms with Gasteiger partial charge in [0.05, 0.1) is 28.5 Å². The molecule has 7 heteroatoms. The van der Waals surface area contributed by atoms with Gasteiger partial charge in [0, 0.05) is 16.9 Å². The maximum atomic E-state index is 13.2. The highest BCUT2D eigenvalue weighted by molar-refractivity contribution is 7.09. The van der Waals surface area contributed by atoms with Gasteiger partial charge in [0.25, 0.3) is 0 Å². The fourth-order valence-corrected chi connectivity index (χ4v) is 3.07. The minimum Gasteiger partial charge on any atom is -0.310 e. The first-order valence-electron chi connectivity index (χ1n) is 8.30. The lowest BCUT2D eigenvalue weighted by molar-refractivity contribution is -0.115. The minimum absolute atomic E-state index is 0.168. The summed E-state index contributed by atoms with van der Waals surface area (Å²) in [5.74, 6) is 0.0685. The zero-order valence-electron chi connectivity index (χ0n) is 15.2. The number of thiazole rings is 1. The molecule has 0 aliphatic heterocycles. The van der Waals surface area contributed by atoms with Crippen molar-refractivity contribution in [2.75, 3.05) is 5.32 Å². The lowest BCUT2D eigenvalue weighted by Crippen LogP contribution is -2.17. The van der Waals surface area contributed by atoms with E-state index in [-0.39, 0.29) is 23.6 Å². The number of benzene rings is 1. The van der Waals surface area contributed by atoms with E-state index in [0.717, 1.165) is 16.4 Å². The number of aryl methyl sites for hydroxylation is 1. The van der Waals surface area contributed by atoms with Crippen LogP contribution in [0.2, 0.25) is 0 Å². The van der Waals surface area contributed by atoms with E-state index < -0.39 is 0 Å². The summed E-state index contributed by atoms with van der Waals surface area (Å²) < 4.78 is 14.9. The molecule has 0 fully saturated rings. The molecule has 0 atom stereocenters. The molecule has 3 aromatic rings. The van der Waals surface area contributed by atoms with Crippen molar-refractivity contribution in [2.45, 2.75) is 39.5 Å². The van der Waals surface area contributed by atoms with E-state index in [1.165, 1.54) is 23.5 Å². The van der Waals surface area contributed by atoms with Crippen LogP contribution in [0.15, 0.2) is 35.7 Å². The van der Waals surface area contributed by atoms with Crippen LogP contribution in [0, 0.1) is 12.7 Å². The summed E-state index contributed by atoms with van der Waals surface area (Å²) in [4.78, 5) is 16.8. The zero-order valence-corrected chi connectivity index (χ0v) is 16.0. The van der Waals surface area contributed by atoms with E-state index in [1.54, 1.807) is 16.8 Å². The Morgan fingerprint density at radius 3 is 2.54 bits per heavy atom. The quantitative estimate of drug-likeness (QED) is 0.745. The first-order chi connectivity index (χ1) is 12.2. The molecule has 1 aromatic carbocycles. The Morgan fingerprint density at radius 1 is 1.27 bits per heavy atom. The van der Waals surface area contributed by atoms with Gasteiger partial charge >= 0.3 is 0 Å². The number of halogens is 1. The monoisotopic (exact) mass is 372 g/mol. The van der Waals surface area contributed by atoms with E-state index in [0.29, 0.717) is 11.5 Å². The average Bonchev–Trinajstić information content (AvgIpc) is 3.14. The fraction of sp³-hybridized carbons (Fsp3) is 0.316. The molecule has 2 aromatic heterocycles. The molecular formula is C19H21FN4OS. The molecule has 0 aliphatic rings. The molecule has 0 saturated carbocycles. The van der Waals surface area contributed by atoms with Crippen LogP contribution in [0.25, 0.3) is 5.69 Å². The first kappa shape index (κ1) is 18.3. The van der Waals surface area contributed by atoms with Crippen molar-refractivity contribution in [1.29, 1.82) is 0 Å². The molecule has 0 saturated heterocycles. The summed E-state index contributed by atoms with van der Waals surface area (Å²) in [7, 11) is 0. The van der Waals surface area contributed by atoms with Crippen molar-refractivity contribution < 1.29 is 9.18 Å². The molecule has 3 rings (SSSR count). The molecular weight excluding hydrogens is 351 g/mol. The van der Waals surface area contributed by atoms with Crippen LogP contribution < -0.4 is 5.32 Å². The van der Waals surface area contributed by atoms with Gasteiger partial charge in [0.2, 0.25) is 5.91 Å². The van der Waals surface area contributed by atoms with Crippen LogP contribution >= 0.6 is 11.3 Å². The molecule has 0 radical (unpaired) electrons. The summed E-state index contributed by atoms with van der Waals surface area (Å²) in [5, 5.41) is 10.3. The molecule has 0 spiro atoms. The number of anilines is 1. The number of rotatable bonds is 4. The van der Waals surface area contributed by atoms with E-state index in [4.69, 9.17) is 0 Å². The molecule has 0 bridgehead atoms. The van der Waals surface area contributed by atoms with E-state index in [1.807, 2.05) is 39.1 Å². The predicted octanol–water partition coefficient (Wildman–Crippen LogP) is 4.26. The third-order valence-electron chi connectivity index (χ3n) is 3.82. The fourth-order valence-electron chi connectivity index (χ4n) is 2.46. The van der Waals surface area contributed by atoms with Gasteiger partial charge in [-0.05, 0) is 31.2 Å². The number of hydrogen-bond acceptors (Lipinski definition) is 4. The summed E-state index contributed by atoms with van der Waals surface area (Å²) in [6.07, 6.45) is 0.198. The van der Waals surface area contributed by atoms with Crippen LogP contribution in [0.5, 0.6) is 0 Å². The standard InChI is InChI=1S/C19H21FN4OS/c1-12-21-14(11-26-12)9-18(25)22-17-10-16(19(2,3)4)23-24(17)15-7-5-13(20)6-8-15/h5-8,10-11H,9H2,1-4H3,(H,22,25). The summed E-state index contributed by atoms with van der Waals surface area (Å²) in [6, 6.07) is 7.87. The lowest BCUT2D eigenvalue weighted by atomic mass is 9.92. The predicted molar refractivity (Wildman–Crippen MR) is 101 cm³/mol. The Labute approximate surface area is 155 Å². The highest BCUT2D eigenvalue weighted by Crippen LogP contribution is 2.26. The van der Waals surface area contributed by atoms with Gasteiger partial charge < -0.3 is 5.32 Å². The van der Waals surface area contributed by atoms with Crippen LogP contribution in [-0.2, 0) is 16.6 Å². The Hall–Kier alpha value is -2.54. The largest absolute Gasteiger partial charge is 0.310 e. The maximum Gasteiger partial charge on any atom is 0.231 e. The number of aromatic nitrogens is 3. The topological polar surface area (TPSA) is 59.8 Å². The molecule has 2 heterocycles. The van der Waals surface area contributed by atoms with Crippen molar-refractivity contribution in [3.05, 3.63) is 57.9 Å². The lowest BCUT2D eigenvalue weighted by Gasteiger charge is -2.14. The second-order valence-corrected chi connectivity index (χ2v) is 8.20. The number of carbonyl (C=O) groups is 1. The van der Waals surface area contributed by atoms with Gasteiger partial charge in [-0.2, -0.15) is 5.10 Å². The molecule has 0 unspecified atom stereocenters. The SMILES string of the molecule is Cc1nc(CC(=O)Nc2cc(C(C)(C)C)nn2-c2ccc(F)cc2)cs1. The van der Waals surface area contributed by atoms with Gasteiger partial charge in [-0.25, -0.2) is 14.1 Å². The zero-order chi connectivity index (χ0) is 18.9. The second-order valence-electron chi connectivity index (χ2n) is 7.14. The average molecular weight is 372 g/mol. The number of hydrogen-bond donors (Lipinski definition) is 1. The van der Waals surface area contributed by atoms with Crippen molar-refractivity contribution in [1.82, 2.24) is 14.8 Å². The van der Waals surface area contributed by atoms with Crippen molar-refractivity contribution in [2.24, 2.45) is 0 Å². The van der Waals surface area contributed by atoms with Crippen LogP contribution in [0.4, 0.5) is 10.2 Å². The van der Waals surface area contributed by atoms with Gasteiger partial charge in [0.15, 0.2) is 0 Å². The first-order valence-corrected chi connectivity index (χ1v) is 9.18. The van der Waals surface area contributed by atoms with Crippen LogP contribution in [-0.4, -0.2) is 20.7 Å². The summed E-state index contributed by atoms with van der Waals surface area (Å²) in [6.45, 7) is 8.06. The van der Waals surface area contributed by atoms with Gasteiger partial charge in [-0.15, -0.1) is 11.3 Å². The second kappa shape index (κ2) is 6.99. The Balaban J connectivity index is 1.90. The third kappa shape index (κ3) is 4.16. The molecule has 1 amide bonds. The number of carbonyl (C=O) groups excluding carboxylic acids is 1. The molecule has 1 N–H and O–H groups in total. The Morgan fingerprint density at radius 2 is 1.96 bits per heavy atom. The van der Waals surface area contributed by atoms with E-state index in [2.05, 4.69) is 15.4 Å². The maximum absolute atomic E-state index is 13.2. The number of nitrogens with zero attached hydrogens (tertiary/aromatic N) is 3. The van der Waals surface area contributed by atoms with Gasteiger partial charge in [-0.1, -0.05) is 20.8 Å². The minimum atomic E-state index is -0.318. The van der Waals surface area contributed by atoms with Crippen LogP contribution in [0.1, 0.15) is 37.2 Å². The summed E-state index contributed by atoms with van der Waals surface area (Å²) in [5.41, 5.74) is 2.08. The van der Waals surface area contributed by atoms with Gasteiger partial charge in [-0.3, -0.25) is 4.79 Å². The highest BCUT2D eigenvalue weighted by Gasteiger charge is 2.21. The van der Waals surface area contributed by atoms with Crippen molar-refractivity contribution >= 4 is 23.1 Å². The molecule has 26 heavy (non-hydrogen) atoms. The third-order valence-corrected chi connectivity index (χ3v) is 4.65. The smallest absolute Gasteiger partial charge is 0.231 e. The van der Waals surface area contributed by atoms with E-state index >= 15 is 0 Å². The van der Waals surface area contributed by atoms with Gasteiger partial charge in [0.1, 0.15) is 11.6 Å². The highest BCUT2D eigenvalue weighted by atomic mass is 32.1. The molecule has 5 nitrogen and oxygen atoms in total. The number of nitrogens with one attached hydrogen (secondary N) is 1. The Bertz CT molecular complexity index is 922. The normalized spacial score (nSPS) is 11.6.